The molecular formula is C25H35N3O3. The zero-order valence-electron chi connectivity index (χ0n) is 19.2. The summed E-state index contributed by atoms with van der Waals surface area (Å²) in [6.45, 7) is 10.2. The number of benzene rings is 1. The van der Waals surface area contributed by atoms with Crippen LogP contribution in [-0.4, -0.2) is 48.7 Å². The Kier molecular flexibility index (Phi) is 7.91. The summed E-state index contributed by atoms with van der Waals surface area (Å²) in [5, 5.41) is 3.01. The number of fused-ring (bicyclic) bond motifs is 1. The molecule has 168 valence electrons. The van der Waals surface area contributed by atoms with Gasteiger partial charge in [0, 0.05) is 50.9 Å². The fourth-order valence-corrected chi connectivity index (χ4v) is 4.22. The minimum Gasteiger partial charge on any atom is -0.496 e. The first kappa shape index (κ1) is 23.1. The number of hydrogen-bond donors (Lipinski definition) is 1. The molecule has 0 spiro atoms. The molecule has 1 amide bonds. The van der Waals surface area contributed by atoms with E-state index in [0.717, 1.165) is 31.7 Å². The predicted octanol–water partition coefficient (Wildman–Crippen LogP) is 3.29. The third-order valence-electron chi connectivity index (χ3n) is 6.04. The molecule has 6 heteroatoms. The van der Waals surface area contributed by atoms with Gasteiger partial charge in [0.1, 0.15) is 11.3 Å². The van der Waals surface area contributed by atoms with Gasteiger partial charge >= 0.3 is 0 Å². The number of rotatable bonds is 8. The van der Waals surface area contributed by atoms with Crippen LogP contribution in [0, 0.1) is 5.92 Å². The van der Waals surface area contributed by atoms with Gasteiger partial charge in [0.25, 0.3) is 11.5 Å². The molecule has 31 heavy (non-hydrogen) atoms. The molecule has 0 aliphatic carbocycles. The first-order valence-electron chi connectivity index (χ1n) is 11.3. The summed E-state index contributed by atoms with van der Waals surface area (Å²) in [6.07, 6.45) is 1.55. The summed E-state index contributed by atoms with van der Waals surface area (Å²) >= 11 is 0. The monoisotopic (exact) mass is 425 g/mol. The highest BCUT2D eigenvalue weighted by Gasteiger charge is 2.25. The molecule has 1 N–H and O–H groups in total. The number of hydrogen-bond acceptors (Lipinski definition) is 4. The van der Waals surface area contributed by atoms with E-state index in [9.17, 15) is 9.59 Å². The fourth-order valence-electron chi connectivity index (χ4n) is 4.22. The molecule has 2 aromatic rings. The Hall–Kier alpha value is -2.60. The van der Waals surface area contributed by atoms with E-state index in [1.807, 2.05) is 6.07 Å². The second-order valence-corrected chi connectivity index (χ2v) is 8.83. The normalized spacial score (nSPS) is 15.3. The maximum Gasteiger partial charge on any atom is 0.256 e. The van der Waals surface area contributed by atoms with E-state index in [0.29, 0.717) is 42.7 Å². The second kappa shape index (κ2) is 10.6. The third kappa shape index (κ3) is 5.76. The largest absolute Gasteiger partial charge is 0.496 e. The van der Waals surface area contributed by atoms with Crippen LogP contribution in [0.15, 0.2) is 41.2 Å². The summed E-state index contributed by atoms with van der Waals surface area (Å²) in [6, 6.07) is 11.9. The van der Waals surface area contributed by atoms with Crippen molar-refractivity contribution < 1.29 is 9.53 Å². The number of ether oxygens (including phenoxy) is 1. The first-order chi connectivity index (χ1) is 14.9. The van der Waals surface area contributed by atoms with Gasteiger partial charge in [-0.05, 0) is 23.8 Å². The molecular weight excluding hydrogens is 390 g/mol. The van der Waals surface area contributed by atoms with Crippen molar-refractivity contribution in [2.24, 2.45) is 5.92 Å². The van der Waals surface area contributed by atoms with Gasteiger partial charge < -0.3 is 19.5 Å². The molecule has 6 nitrogen and oxygen atoms in total. The Bertz CT molecular complexity index is 937. The van der Waals surface area contributed by atoms with Gasteiger partial charge in [0.05, 0.1) is 7.11 Å². The smallest absolute Gasteiger partial charge is 0.256 e. The highest BCUT2D eigenvalue weighted by atomic mass is 16.5. The van der Waals surface area contributed by atoms with Gasteiger partial charge in [-0.3, -0.25) is 9.59 Å². The second-order valence-electron chi connectivity index (χ2n) is 8.83. The minimum absolute atomic E-state index is 0.108. The highest BCUT2D eigenvalue weighted by molar-refractivity contribution is 5.98. The van der Waals surface area contributed by atoms with E-state index in [4.69, 9.17) is 4.74 Å². The van der Waals surface area contributed by atoms with E-state index in [1.165, 1.54) is 18.7 Å². The molecule has 3 rings (SSSR count). The Morgan fingerprint density at radius 3 is 2.55 bits per heavy atom. The van der Waals surface area contributed by atoms with E-state index >= 15 is 0 Å². The van der Waals surface area contributed by atoms with Crippen LogP contribution in [0.25, 0.3) is 0 Å². The number of nitrogens with one attached hydrogen (secondary N) is 1. The van der Waals surface area contributed by atoms with Crippen molar-refractivity contribution in [3.8, 4) is 5.75 Å². The molecule has 0 saturated heterocycles. The van der Waals surface area contributed by atoms with Crippen molar-refractivity contribution in [3.05, 3.63) is 63.6 Å². The SMILES string of the molecule is COc1cc(=O)n2c(c1C(=O)NCCC(C)C)CCN(C[C@H](C)c1ccccc1)CC2. The summed E-state index contributed by atoms with van der Waals surface area (Å²) in [5.74, 6) is 1.11. The van der Waals surface area contributed by atoms with Crippen LogP contribution in [0.3, 0.4) is 0 Å². The Morgan fingerprint density at radius 2 is 1.87 bits per heavy atom. The molecule has 1 aromatic heterocycles. The lowest BCUT2D eigenvalue weighted by atomic mass is 10.0. The molecule has 1 atom stereocenters. The van der Waals surface area contributed by atoms with Crippen molar-refractivity contribution >= 4 is 5.91 Å². The molecule has 1 aromatic carbocycles. The molecule has 0 unspecified atom stereocenters. The molecule has 1 aliphatic rings. The number of amides is 1. The van der Waals surface area contributed by atoms with Crippen molar-refractivity contribution in [3.63, 3.8) is 0 Å². The van der Waals surface area contributed by atoms with Gasteiger partial charge in [0.15, 0.2) is 0 Å². The zero-order chi connectivity index (χ0) is 22.4. The Balaban J connectivity index is 1.80. The molecule has 2 heterocycles. The standard InChI is InChI=1S/C25H35N3O3/c1-18(2)10-12-26-25(30)24-21-11-13-27(17-19(3)20-8-6-5-7-9-20)14-15-28(21)23(29)16-22(24)31-4/h5-9,16,18-19H,10-15,17H2,1-4H3,(H,26,30)/t19-/m0/s1. The van der Waals surface area contributed by atoms with Gasteiger partial charge in [-0.15, -0.1) is 0 Å². The predicted molar refractivity (Wildman–Crippen MR) is 124 cm³/mol. The Morgan fingerprint density at radius 1 is 1.13 bits per heavy atom. The topological polar surface area (TPSA) is 63.6 Å². The first-order valence-corrected chi connectivity index (χ1v) is 11.3. The van der Waals surface area contributed by atoms with Crippen LogP contribution in [0.4, 0.5) is 0 Å². The van der Waals surface area contributed by atoms with Crippen molar-refractivity contribution in [2.75, 3.05) is 33.3 Å². The number of methoxy groups -OCH3 is 1. The highest BCUT2D eigenvalue weighted by Crippen LogP contribution is 2.24. The quantitative estimate of drug-likeness (QED) is 0.705. The van der Waals surface area contributed by atoms with E-state index in [1.54, 1.807) is 4.57 Å². The molecule has 0 saturated carbocycles. The number of aromatic nitrogens is 1. The van der Waals surface area contributed by atoms with Crippen molar-refractivity contribution in [2.45, 2.75) is 46.1 Å². The summed E-state index contributed by atoms with van der Waals surface area (Å²) in [5.41, 5.74) is 2.49. The van der Waals surface area contributed by atoms with E-state index < -0.39 is 0 Å². The van der Waals surface area contributed by atoms with Gasteiger partial charge in [-0.2, -0.15) is 0 Å². The summed E-state index contributed by atoms with van der Waals surface area (Å²) in [4.78, 5) is 28.2. The third-order valence-corrected chi connectivity index (χ3v) is 6.04. The Labute approximate surface area is 185 Å². The van der Waals surface area contributed by atoms with Crippen LogP contribution < -0.4 is 15.6 Å². The molecule has 0 bridgehead atoms. The number of carbonyl (C=O) groups is 1. The maximum absolute atomic E-state index is 13.0. The lowest BCUT2D eigenvalue weighted by Crippen LogP contribution is -2.32. The average Bonchev–Trinajstić information content (AvgIpc) is 2.97. The summed E-state index contributed by atoms with van der Waals surface area (Å²) in [7, 11) is 1.52. The van der Waals surface area contributed by atoms with Crippen LogP contribution in [-0.2, 0) is 13.0 Å². The van der Waals surface area contributed by atoms with E-state index in [2.05, 4.69) is 55.3 Å². The van der Waals surface area contributed by atoms with Crippen LogP contribution >= 0.6 is 0 Å². The maximum atomic E-state index is 13.0. The number of pyridine rings is 1. The van der Waals surface area contributed by atoms with Crippen LogP contribution in [0.1, 0.15) is 54.7 Å². The van der Waals surface area contributed by atoms with Gasteiger partial charge in [0.2, 0.25) is 0 Å². The number of nitrogens with zero attached hydrogens (tertiary/aromatic N) is 2. The molecule has 1 aliphatic heterocycles. The van der Waals surface area contributed by atoms with Crippen LogP contribution in [0.2, 0.25) is 0 Å². The van der Waals surface area contributed by atoms with Crippen molar-refractivity contribution in [1.29, 1.82) is 0 Å². The molecule has 0 radical (unpaired) electrons. The lowest BCUT2D eigenvalue weighted by molar-refractivity contribution is 0.0946. The van der Waals surface area contributed by atoms with E-state index in [-0.39, 0.29) is 11.5 Å². The zero-order valence-corrected chi connectivity index (χ0v) is 19.2. The summed E-state index contributed by atoms with van der Waals surface area (Å²) < 4.78 is 7.20. The van der Waals surface area contributed by atoms with Crippen LogP contribution in [0.5, 0.6) is 5.75 Å². The lowest BCUT2D eigenvalue weighted by Gasteiger charge is -2.24. The average molecular weight is 426 g/mol. The van der Waals surface area contributed by atoms with Gasteiger partial charge in [-0.25, -0.2) is 0 Å². The molecule has 0 fully saturated rings. The minimum atomic E-state index is -0.160. The van der Waals surface area contributed by atoms with Crippen molar-refractivity contribution in [1.82, 2.24) is 14.8 Å². The van der Waals surface area contributed by atoms with Gasteiger partial charge in [-0.1, -0.05) is 51.1 Å². The fraction of sp³-hybridized carbons (Fsp3) is 0.520. The number of carbonyl (C=O) groups excluding carboxylic acids is 1.